The van der Waals surface area contributed by atoms with Gasteiger partial charge < -0.3 is 9.73 Å². The van der Waals surface area contributed by atoms with Crippen LogP contribution in [-0.2, 0) is 6.54 Å². The summed E-state index contributed by atoms with van der Waals surface area (Å²) >= 11 is 9.39. The second-order valence-corrected chi connectivity index (χ2v) is 6.43. The molecule has 6 heteroatoms. The lowest BCUT2D eigenvalue weighted by Crippen LogP contribution is -2.18. The predicted octanol–water partition coefficient (Wildman–Crippen LogP) is 5.00. The summed E-state index contributed by atoms with van der Waals surface area (Å²) in [6.45, 7) is 2.58. The molecule has 0 aliphatic carbocycles. The van der Waals surface area contributed by atoms with Crippen molar-refractivity contribution in [3.05, 3.63) is 69.5 Å². The number of nitrogens with one attached hydrogen (secondary N) is 1. The smallest absolute Gasteiger partial charge is 0.248 e. The Hall–Kier alpha value is -1.69. The van der Waals surface area contributed by atoms with Crippen molar-refractivity contribution in [1.82, 2.24) is 15.5 Å². The average molecular weight is 393 g/mol. The highest BCUT2D eigenvalue weighted by atomic mass is 79.9. The summed E-state index contributed by atoms with van der Waals surface area (Å²) in [5.74, 6) is 1.06. The number of benzene rings is 2. The molecule has 4 nitrogen and oxygen atoms in total. The molecular weight excluding hydrogens is 378 g/mol. The SMILES string of the molecule is C[C@@H](NCc1nnc(-c2ccccc2Br)o1)c1ccc(Cl)cc1. The van der Waals surface area contributed by atoms with Crippen LogP contribution in [0.1, 0.15) is 24.4 Å². The third-order valence-electron chi connectivity index (χ3n) is 3.50. The van der Waals surface area contributed by atoms with Crippen LogP contribution in [0, 0.1) is 0 Å². The molecule has 2 aromatic carbocycles. The van der Waals surface area contributed by atoms with Gasteiger partial charge in [-0.1, -0.05) is 35.9 Å². The third-order valence-corrected chi connectivity index (χ3v) is 4.44. The fourth-order valence-electron chi connectivity index (χ4n) is 2.18. The van der Waals surface area contributed by atoms with Gasteiger partial charge in [0.25, 0.3) is 0 Å². The predicted molar refractivity (Wildman–Crippen MR) is 94.1 cm³/mol. The van der Waals surface area contributed by atoms with Gasteiger partial charge in [0.2, 0.25) is 11.8 Å². The molecule has 1 heterocycles. The van der Waals surface area contributed by atoms with Crippen LogP contribution in [0.25, 0.3) is 11.5 Å². The monoisotopic (exact) mass is 391 g/mol. The molecule has 1 N–H and O–H groups in total. The van der Waals surface area contributed by atoms with Crippen molar-refractivity contribution in [3.8, 4) is 11.5 Å². The van der Waals surface area contributed by atoms with Gasteiger partial charge in [0.15, 0.2) is 0 Å². The van der Waals surface area contributed by atoms with E-state index in [1.807, 2.05) is 48.5 Å². The van der Waals surface area contributed by atoms with Crippen molar-refractivity contribution in [3.63, 3.8) is 0 Å². The molecule has 0 aliphatic rings. The van der Waals surface area contributed by atoms with E-state index in [1.165, 1.54) is 0 Å². The number of nitrogens with zero attached hydrogens (tertiary/aromatic N) is 2. The fourth-order valence-corrected chi connectivity index (χ4v) is 2.76. The molecule has 0 amide bonds. The van der Waals surface area contributed by atoms with E-state index in [-0.39, 0.29) is 6.04 Å². The van der Waals surface area contributed by atoms with Gasteiger partial charge in [-0.05, 0) is 52.7 Å². The average Bonchev–Trinajstić information content (AvgIpc) is 3.02. The van der Waals surface area contributed by atoms with Crippen LogP contribution in [0.5, 0.6) is 0 Å². The molecule has 0 spiro atoms. The van der Waals surface area contributed by atoms with Crippen molar-refractivity contribution in [2.24, 2.45) is 0 Å². The molecule has 0 saturated carbocycles. The maximum Gasteiger partial charge on any atom is 0.248 e. The first-order chi connectivity index (χ1) is 11.1. The quantitative estimate of drug-likeness (QED) is 0.663. The minimum absolute atomic E-state index is 0.158. The molecule has 0 bridgehead atoms. The largest absolute Gasteiger partial charge is 0.419 e. The molecule has 0 fully saturated rings. The Bertz CT molecular complexity index is 789. The van der Waals surface area contributed by atoms with Gasteiger partial charge in [-0.3, -0.25) is 0 Å². The normalized spacial score (nSPS) is 12.3. The zero-order chi connectivity index (χ0) is 16.2. The van der Waals surface area contributed by atoms with E-state index in [9.17, 15) is 0 Å². The van der Waals surface area contributed by atoms with Crippen molar-refractivity contribution in [2.45, 2.75) is 19.5 Å². The van der Waals surface area contributed by atoms with Crippen molar-refractivity contribution in [1.29, 1.82) is 0 Å². The van der Waals surface area contributed by atoms with Gasteiger partial charge in [-0.25, -0.2) is 0 Å². The highest BCUT2D eigenvalue weighted by Crippen LogP contribution is 2.26. The molecule has 118 valence electrons. The van der Waals surface area contributed by atoms with E-state index in [4.69, 9.17) is 16.0 Å². The minimum Gasteiger partial charge on any atom is -0.419 e. The maximum atomic E-state index is 5.91. The lowest BCUT2D eigenvalue weighted by atomic mass is 10.1. The fraction of sp³-hybridized carbons (Fsp3) is 0.176. The standard InChI is InChI=1S/C17H15BrClN3O/c1-11(12-6-8-13(19)9-7-12)20-10-16-21-22-17(23-16)14-4-2-3-5-15(14)18/h2-9,11,20H,10H2,1H3/t11-/m1/s1. The van der Waals surface area contributed by atoms with Crippen molar-refractivity contribution >= 4 is 27.5 Å². The third kappa shape index (κ3) is 3.99. The van der Waals surface area contributed by atoms with E-state index in [0.29, 0.717) is 18.3 Å². The summed E-state index contributed by atoms with van der Waals surface area (Å²) in [6, 6.07) is 15.7. The molecule has 0 radical (unpaired) electrons. The Morgan fingerprint density at radius 2 is 1.87 bits per heavy atom. The molecule has 0 saturated heterocycles. The van der Waals surface area contributed by atoms with Gasteiger partial charge in [0.1, 0.15) is 0 Å². The van der Waals surface area contributed by atoms with Crippen molar-refractivity contribution in [2.75, 3.05) is 0 Å². The summed E-state index contributed by atoms with van der Waals surface area (Å²) in [4.78, 5) is 0. The Kier molecular flexibility index (Phi) is 5.10. The summed E-state index contributed by atoms with van der Waals surface area (Å²) < 4.78 is 6.65. The molecular formula is C17H15BrClN3O. The summed E-state index contributed by atoms with van der Waals surface area (Å²) in [5, 5.41) is 12.3. The zero-order valence-corrected chi connectivity index (χ0v) is 14.8. The summed E-state index contributed by atoms with van der Waals surface area (Å²) in [7, 11) is 0. The van der Waals surface area contributed by atoms with Gasteiger partial charge in [-0.15, -0.1) is 10.2 Å². The van der Waals surface area contributed by atoms with Gasteiger partial charge >= 0.3 is 0 Å². The lowest BCUT2D eigenvalue weighted by molar-refractivity contribution is 0.454. The van der Waals surface area contributed by atoms with Crippen LogP contribution in [0.3, 0.4) is 0 Å². The van der Waals surface area contributed by atoms with E-state index in [1.54, 1.807) is 0 Å². The first-order valence-corrected chi connectivity index (χ1v) is 8.36. The molecule has 0 unspecified atom stereocenters. The molecule has 1 aromatic heterocycles. The Balaban J connectivity index is 1.65. The number of rotatable bonds is 5. The van der Waals surface area contributed by atoms with E-state index >= 15 is 0 Å². The second-order valence-electron chi connectivity index (χ2n) is 5.13. The maximum absolute atomic E-state index is 5.91. The van der Waals surface area contributed by atoms with E-state index in [0.717, 1.165) is 20.6 Å². The Morgan fingerprint density at radius 3 is 2.61 bits per heavy atom. The molecule has 3 rings (SSSR count). The van der Waals surface area contributed by atoms with Crippen LogP contribution < -0.4 is 5.32 Å². The molecule has 0 aliphatic heterocycles. The van der Waals surface area contributed by atoms with E-state index < -0.39 is 0 Å². The number of halogens is 2. The highest BCUT2D eigenvalue weighted by Gasteiger charge is 2.12. The molecule has 1 atom stereocenters. The number of aromatic nitrogens is 2. The Morgan fingerprint density at radius 1 is 1.13 bits per heavy atom. The Labute approximate surface area is 148 Å². The minimum atomic E-state index is 0.158. The number of hydrogen-bond donors (Lipinski definition) is 1. The van der Waals surface area contributed by atoms with Gasteiger partial charge in [0.05, 0.1) is 12.1 Å². The van der Waals surface area contributed by atoms with E-state index in [2.05, 4.69) is 38.4 Å². The number of hydrogen-bond acceptors (Lipinski definition) is 4. The zero-order valence-electron chi connectivity index (χ0n) is 12.5. The van der Waals surface area contributed by atoms with Gasteiger partial charge in [0, 0.05) is 15.5 Å². The van der Waals surface area contributed by atoms with Crippen LogP contribution in [-0.4, -0.2) is 10.2 Å². The summed E-state index contributed by atoms with van der Waals surface area (Å²) in [5.41, 5.74) is 2.04. The van der Waals surface area contributed by atoms with Crippen LogP contribution in [0.15, 0.2) is 57.4 Å². The van der Waals surface area contributed by atoms with Crippen LogP contribution >= 0.6 is 27.5 Å². The molecule has 23 heavy (non-hydrogen) atoms. The summed E-state index contributed by atoms with van der Waals surface area (Å²) in [6.07, 6.45) is 0. The lowest BCUT2D eigenvalue weighted by Gasteiger charge is -2.12. The second kappa shape index (κ2) is 7.25. The van der Waals surface area contributed by atoms with Crippen molar-refractivity contribution < 1.29 is 4.42 Å². The highest BCUT2D eigenvalue weighted by molar-refractivity contribution is 9.10. The van der Waals surface area contributed by atoms with Crippen LogP contribution in [0.4, 0.5) is 0 Å². The van der Waals surface area contributed by atoms with Gasteiger partial charge in [-0.2, -0.15) is 0 Å². The molecule has 3 aromatic rings. The first-order valence-electron chi connectivity index (χ1n) is 7.19. The topological polar surface area (TPSA) is 51.0 Å². The first kappa shape index (κ1) is 16.2. The van der Waals surface area contributed by atoms with Crippen LogP contribution in [0.2, 0.25) is 5.02 Å².